The topological polar surface area (TPSA) is 21.3 Å². The van der Waals surface area contributed by atoms with Crippen molar-refractivity contribution < 1.29 is 4.74 Å². The minimum Gasteiger partial charge on any atom is -0.380 e. The van der Waals surface area contributed by atoms with E-state index >= 15 is 0 Å². The third-order valence-corrected chi connectivity index (χ3v) is 3.46. The van der Waals surface area contributed by atoms with Gasteiger partial charge < -0.3 is 10.1 Å². The van der Waals surface area contributed by atoms with Crippen molar-refractivity contribution in [1.82, 2.24) is 5.32 Å². The SMILES string of the molecule is CCNC(COCCC1CC1)C(C)CC. The summed E-state index contributed by atoms with van der Waals surface area (Å²) in [6.07, 6.45) is 5.37. The van der Waals surface area contributed by atoms with Crippen LogP contribution in [-0.2, 0) is 4.74 Å². The van der Waals surface area contributed by atoms with Crippen molar-refractivity contribution >= 4 is 0 Å². The number of hydrogen-bond donors (Lipinski definition) is 1. The minimum absolute atomic E-state index is 0.541. The van der Waals surface area contributed by atoms with E-state index in [9.17, 15) is 0 Å². The van der Waals surface area contributed by atoms with Gasteiger partial charge in [-0.2, -0.15) is 0 Å². The van der Waals surface area contributed by atoms with Crippen LogP contribution in [0.4, 0.5) is 0 Å². The lowest BCUT2D eigenvalue weighted by atomic mass is 10.00. The Hall–Kier alpha value is -0.0800. The summed E-state index contributed by atoms with van der Waals surface area (Å²) >= 11 is 0. The average Bonchev–Trinajstić information content (AvgIpc) is 3.05. The molecule has 0 spiro atoms. The first-order valence-corrected chi connectivity index (χ1v) is 6.59. The van der Waals surface area contributed by atoms with E-state index in [1.54, 1.807) is 0 Å². The van der Waals surface area contributed by atoms with E-state index < -0.39 is 0 Å². The zero-order valence-electron chi connectivity index (χ0n) is 10.6. The van der Waals surface area contributed by atoms with Crippen LogP contribution in [-0.4, -0.2) is 25.8 Å². The highest BCUT2D eigenvalue weighted by atomic mass is 16.5. The molecule has 2 nitrogen and oxygen atoms in total. The highest BCUT2D eigenvalue weighted by Gasteiger charge is 2.21. The van der Waals surface area contributed by atoms with Gasteiger partial charge in [-0.3, -0.25) is 0 Å². The van der Waals surface area contributed by atoms with Crippen LogP contribution in [0.3, 0.4) is 0 Å². The summed E-state index contributed by atoms with van der Waals surface area (Å²) in [5, 5.41) is 3.51. The van der Waals surface area contributed by atoms with Gasteiger partial charge in [0.1, 0.15) is 0 Å². The average molecular weight is 213 g/mol. The molecular formula is C13H27NO. The second-order valence-electron chi connectivity index (χ2n) is 4.86. The van der Waals surface area contributed by atoms with Crippen molar-refractivity contribution in [1.29, 1.82) is 0 Å². The summed E-state index contributed by atoms with van der Waals surface area (Å²) in [5.41, 5.74) is 0. The fraction of sp³-hybridized carbons (Fsp3) is 1.00. The number of nitrogens with one attached hydrogen (secondary N) is 1. The van der Waals surface area contributed by atoms with E-state index in [1.165, 1.54) is 25.7 Å². The lowest BCUT2D eigenvalue weighted by molar-refractivity contribution is 0.0909. The molecule has 0 aromatic carbocycles. The summed E-state index contributed by atoms with van der Waals surface area (Å²) in [5.74, 6) is 1.71. The molecule has 0 bridgehead atoms. The van der Waals surface area contributed by atoms with E-state index in [0.29, 0.717) is 12.0 Å². The molecule has 0 heterocycles. The Balaban J connectivity index is 2.06. The van der Waals surface area contributed by atoms with Crippen LogP contribution in [0.2, 0.25) is 0 Å². The standard InChI is InChI=1S/C13H27NO/c1-4-11(3)13(14-5-2)10-15-9-8-12-6-7-12/h11-14H,4-10H2,1-3H3. The van der Waals surface area contributed by atoms with Crippen molar-refractivity contribution in [2.75, 3.05) is 19.8 Å². The quantitative estimate of drug-likeness (QED) is 0.595. The third-order valence-electron chi connectivity index (χ3n) is 3.46. The number of likely N-dealkylation sites (N-methyl/N-ethyl adjacent to an activating group) is 1. The van der Waals surface area contributed by atoms with E-state index in [0.717, 1.165) is 25.7 Å². The first-order chi connectivity index (χ1) is 7.27. The Kier molecular flexibility index (Phi) is 6.26. The van der Waals surface area contributed by atoms with Crippen molar-refractivity contribution in [3.8, 4) is 0 Å². The summed E-state index contributed by atoms with van der Waals surface area (Å²) < 4.78 is 5.76. The smallest absolute Gasteiger partial charge is 0.0622 e. The Morgan fingerprint density at radius 3 is 2.60 bits per heavy atom. The molecule has 0 aromatic rings. The van der Waals surface area contributed by atoms with Crippen LogP contribution in [0, 0.1) is 11.8 Å². The Labute approximate surface area is 94.8 Å². The molecule has 1 aliphatic carbocycles. The molecule has 0 aliphatic heterocycles. The predicted octanol–water partition coefficient (Wildman–Crippen LogP) is 2.83. The Morgan fingerprint density at radius 2 is 2.07 bits per heavy atom. The molecule has 1 saturated carbocycles. The number of hydrogen-bond acceptors (Lipinski definition) is 2. The predicted molar refractivity (Wildman–Crippen MR) is 65.1 cm³/mol. The fourth-order valence-electron chi connectivity index (χ4n) is 1.84. The van der Waals surface area contributed by atoms with Gasteiger partial charge in [-0.1, -0.05) is 40.0 Å². The first kappa shape index (κ1) is 13.0. The number of rotatable bonds is 9. The molecule has 0 aromatic heterocycles. The Morgan fingerprint density at radius 1 is 1.33 bits per heavy atom. The zero-order chi connectivity index (χ0) is 11.1. The first-order valence-electron chi connectivity index (χ1n) is 6.59. The van der Waals surface area contributed by atoms with Crippen molar-refractivity contribution in [3.63, 3.8) is 0 Å². The van der Waals surface area contributed by atoms with Crippen LogP contribution in [0.25, 0.3) is 0 Å². The van der Waals surface area contributed by atoms with E-state index in [1.807, 2.05) is 0 Å². The lowest BCUT2D eigenvalue weighted by Crippen LogP contribution is -2.38. The maximum Gasteiger partial charge on any atom is 0.0622 e. The summed E-state index contributed by atoms with van der Waals surface area (Å²) in [4.78, 5) is 0. The van der Waals surface area contributed by atoms with E-state index in [4.69, 9.17) is 4.74 Å². The highest BCUT2D eigenvalue weighted by Crippen LogP contribution is 2.32. The van der Waals surface area contributed by atoms with Crippen LogP contribution in [0.15, 0.2) is 0 Å². The van der Waals surface area contributed by atoms with Gasteiger partial charge in [-0.25, -0.2) is 0 Å². The monoisotopic (exact) mass is 213 g/mol. The zero-order valence-corrected chi connectivity index (χ0v) is 10.6. The molecule has 1 rings (SSSR count). The largest absolute Gasteiger partial charge is 0.380 e. The van der Waals surface area contributed by atoms with Crippen molar-refractivity contribution in [2.45, 2.75) is 52.5 Å². The molecule has 1 aliphatic rings. The Bertz CT molecular complexity index is 157. The van der Waals surface area contributed by atoms with Crippen molar-refractivity contribution in [2.24, 2.45) is 11.8 Å². The number of ether oxygens (including phenoxy) is 1. The van der Waals surface area contributed by atoms with Crippen molar-refractivity contribution in [3.05, 3.63) is 0 Å². The molecule has 2 unspecified atom stereocenters. The lowest BCUT2D eigenvalue weighted by Gasteiger charge is -2.23. The summed E-state index contributed by atoms with van der Waals surface area (Å²) in [6, 6.07) is 0.541. The second-order valence-corrected chi connectivity index (χ2v) is 4.86. The maximum atomic E-state index is 5.76. The fourth-order valence-corrected chi connectivity index (χ4v) is 1.84. The van der Waals surface area contributed by atoms with Gasteiger partial charge in [-0.15, -0.1) is 0 Å². The molecule has 90 valence electrons. The molecule has 2 heteroatoms. The molecule has 15 heavy (non-hydrogen) atoms. The molecule has 2 atom stereocenters. The van der Waals surface area contributed by atoms with Gasteiger partial charge in [0.25, 0.3) is 0 Å². The third kappa shape index (κ3) is 5.53. The van der Waals surface area contributed by atoms with Gasteiger partial charge >= 0.3 is 0 Å². The molecule has 0 radical (unpaired) electrons. The van der Waals surface area contributed by atoms with Gasteiger partial charge in [0.15, 0.2) is 0 Å². The summed E-state index contributed by atoms with van der Waals surface area (Å²) in [7, 11) is 0. The molecular weight excluding hydrogens is 186 g/mol. The normalized spacial score (nSPS) is 20.2. The van der Waals surface area contributed by atoms with Crippen LogP contribution >= 0.6 is 0 Å². The second kappa shape index (κ2) is 7.24. The molecule has 1 N–H and O–H groups in total. The van der Waals surface area contributed by atoms with Crippen LogP contribution < -0.4 is 5.32 Å². The van der Waals surface area contributed by atoms with E-state index in [2.05, 4.69) is 26.1 Å². The minimum atomic E-state index is 0.541. The molecule has 1 fully saturated rings. The van der Waals surface area contributed by atoms with Gasteiger partial charge in [0, 0.05) is 12.6 Å². The molecule has 0 amide bonds. The highest BCUT2D eigenvalue weighted by molar-refractivity contribution is 4.74. The van der Waals surface area contributed by atoms with Crippen LogP contribution in [0.1, 0.15) is 46.5 Å². The van der Waals surface area contributed by atoms with Gasteiger partial charge in [0.2, 0.25) is 0 Å². The van der Waals surface area contributed by atoms with Gasteiger partial charge in [0.05, 0.1) is 6.61 Å². The van der Waals surface area contributed by atoms with Gasteiger partial charge in [-0.05, 0) is 24.8 Å². The molecule has 0 saturated heterocycles. The van der Waals surface area contributed by atoms with E-state index in [-0.39, 0.29) is 0 Å². The maximum absolute atomic E-state index is 5.76. The summed E-state index contributed by atoms with van der Waals surface area (Å²) in [6.45, 7) is 9.61. The van der Waals surface area contributed by atoms with Crippen LogP contribution in [0.5, 0.6) is 0 Å².